The molecule has 3 heterocycles. The highest BCUT2D eigenvalue weighted by atomic mass is 16.5. The van der Waals surface area contributed by atoms with Gasteiger partial charge in [-0.15, -0.1) is 0 Å². The van der Waals surface area contributed by atoms with E-state index in [1.807, 2.05) is 30.3 Å². The predicted molar refractivity (Wildman–Crippen MR) is 117 cm³/mol. The van der Waals surface area contributed by atoms with Crippen LogP contribution in [-0.2, 0) is 4.74 Å². The minimum absolute atomic E-state index is 0.0388. The van der Waals surface area contributed by atoms with Crippen LogP contribution in [0.2, 0.25) is 0 Å². The average Bonchev–Trinajstić information content (AvgIpc) is 3.16. The Labute approximate surface area is 188 Å². The zero-order chi connectivity index (χ0) is 21.8. The number of rotatable bonds is 2. The van der Waals surface area contributed by atoms with Crippen molar-refractivity contribution in [2.45, 2.75) is 68.9 Å². The summed E-state index contributed by atoms with van der Waals surface area (Å²) in [4.78, 5) is 15.7. The molecule has 12 unspecified atom stereocenters. The molecule has 9 bridgehead atoms. The Balaban J connectivity index is 1.25. The molecule has 5 nitrogen and oxygen atoms in total. The summed E-state index contributed by atoms with van der Waals surface area (Å²) in [6.07, 6.45) is 3.47. The average molecular weight is 434 g/mol. The highest BCUT2D eigenvalue weighted by molar-refractivity contribution is 5.89. The number of hydrogen-bond acceptors (Lipinski definition) is 5. The minimum atomic E-state index is -0.895. The van der Waals surface area contributed by atoms with Crippen LogP contribution in [-0.4, -0.2) is 57.5 Å². The predicted octanol–water partition coefficient (Wildman–Crippen LogP) is 2.77. The quantitative estimate of drug-likeness (QED) is 0.555. The van der Waals surface area contributed by atoms with Gasteiger partial charge in [-0.3, -0.25) is 4.90 Å². The SMILES string of the molecule is C=C1C2CC3C4N5CC6(C)CC(OC(=O)c7ccccc7)CC47C6C5CC3(C1O)C7(O)C2. The summed E-state index contributed by atoms with van der Waals surface area (Å²) in [5, 5.41) is 24.2. The van der Waals surface area contributed by atoms with Crippen molar-refractivity contribution in [3.05, 3.63) is 48.0 Å². The molecule has 3 saturated heterocycles. The molecule has 1 aromatic rings. The maximum Gasteiger partial charge on any atom is 0.338 e. The highest BCUT2D eigenvalue weighted by Gasteiger charge is 2.93. The summed E-state index contributed by atoms with van der Waals surface area (Å²) in [7, 11) is 0. The molecule has 2 spiro atoms. The van der Waals surface area contributed by atoms with Crippen LogP contribution < -0.4 is 0 Å². The zero-order valence-electron chi connectivity index (χ0n) is 18.5. The number of nitrogens with zero attached hydrogens (tertiary/aromatic N) is 1. The lowest BCUT2D eigenvalue weighted by atomic mass is 9.38. The van der Waals surface area contributed by atoms with Gasteiger partial charge in [0.2, 0.25) is 0 Å². The van der Waals surface area contributed by atoms with E-state index >= 15 is 0 Å². The molecule has 5 heteroatoms. The molecular weight excluding hydrogens is 402 g/mol. The molecule has 6 saturated carbocycles. The molecule has 2 N–H and O–H groups in total. The number of aliphatic hydroxyl groups excluding tert-OH is 1. The molecule has 12 atom stereocenters. The van der Waals surface area contributed by atoms with Crippen LogP contribution in [0.15, 0.2) is 42.5 Å². The first-order valence-electron chi connectivity index (χ1n) is 12.4. The monoisotopic (exact) mass is 433 g/mol. The number of piperidine rings is 2. The molecule has 6 aliphatic carbocycles. The van der Waals surface area contributed by atoms with E-state index in [0.29, 0.717) is 29.5 Å². The maximum atomic E-state index is 13.0. The molecule has 9 fully saturated rings. The number of esters is 1. The van der Waals surface area contributed by atoms with Gasteiger partial charge in [0.25, 0.3) is 0 Å². The number of ether oxygens (including phenoxy) is 1. The number of carbonyl (C=O) groups excluding carboxylic acids is 1. The van der Waals surface area contributed by atoms with Gasteiger partial charge in [0.1, 0.15) is 6.10 Å². The second-order valence-corrected chi connectivity index (χ2v) is 12.5. The third-order valence-corrected chi connectivity index (χ3v) is 11.7. The van der Waals surface area contributed by atoms with Gasteiger partial charge in [-0.1, -0.05) is 31.7 Å². The third kappa shape index (κ3) is 1.59. The lowest BCUT2D eigenvalue weighted by Gasteiger charge is -2.69. The second kappa shape index (κ2) is 5.18. The van der Waals surface area contributed by atoms with E-state index in [9.17, 15) is 15.0 Å². The molecule has 9 aliphatic rings. The van der Waals surface area contributed by atoms with Gasteiger partial charge >= 0.3 is 5.97 Å². The van der Waals surface area contributed by atoms with Crippen LogP contribution in [0, 0.1) is 34.0 Å². The standard InChI is InChI=1S/C27H31NO4/c1-14-16-8-18-21-26-11-17(32-23(30)15-6-4-3-5-7-15)10-24(2)13-28(21)19(20(24)26)12-25(18,22(14)29)27(26,31)9-16/h3-7,16-22,29,31H,1,8-13H2,2H3. The first kappa shape index (κ1) is 18.7. The fraction of sp³-hybridized carbons (Fsp3) is 0.667. The van der Waals surface area contributed by atoms with E-state index in [0.717, 1.165) is 44.2 Å². The maximum absolute atomic E-state index is 13.0. The molecule has 10 rings (SSSR count). The first-order chi connectivity index (χ1) is 15.3. The number of carbonyl (C=O) groups is 1. The van der Waals surface area contributed by atoms with Crippen molar-refractivity contribution in [3.8, 4) is 0 Å². The van der Waals surface area contributed by atoms with E-state index in [-0.39, 0.29) is 28.8 Å². The van der Waals surface area contributed by atoms with Gasteiger partial charge in [-0.2, -0.15) is 0 Å². The molecule has 0 amide bonds. The fourth-order valence-electron chi connectivity index (χ4n) is 11.4. The number of aliphatic hydroxyl groups is 2. The Kier molecular flexibility index (Phi) is 3.03. The molecule has 168 valence electrons. The molecule has 0 radical (unpaired) electrons. The zero-order valence-corrected chi connectivity index (χ0v) is 18.5. The van der Waals surface area contributed by atoms with Crippen molar-refractivity contribution in [2.24, 2.45) is 34.0 Å². The van der Waals surface area contributed by atoms with Gasteiger partial charge in [0, 0.05) is 29.5 Å². The Morgan fingerprint density at radius 2 is 1.94 bits per heavy atom. The summed E-state index contributed by atoms with van der Waals surface area (Å²) < 4.78 is 6.17. The lowest BCUT2D eigenvalue weighted by molar-refractivity contribution is -0.276. The van der Waals surface area contributed by atoms with Crippen molar-refractivity contribution in [3.63, 3.8) is 0 Å². The molecule has 0 aromatic heterocycles. The van der Waals surface area contributed by atoms with E-state index in [1.165, 1.54) is 0 Å². The van der Waals surface area contributed by atoms with Crippen LogP contribution in [0.25, 0.3) is 0 Å². The second-order valence-electron chi connectivity index (χ2n) is 12.5. The third-order valence-electron chi connectivity index (χ3n) is 11.7. The normalized spacial score (nSPS) is 59.7. The van der Waals surface area contributed by atoms with E-state index < -0.39 is 17.1 Å². The Bertz CT molecular complexity index is 1090. The van der Waals surface area contributed by atoms with Crippen LogP contribution in [0.4, 0.5) is 0 Å². The van der Waals surface area contributed by atoms with Crippen molar-refractivity contribution in [2.75, 3.05) is 6.54 Å². The van der Waals surface area contributed by atoms with Gasteiger partial charge in [-0.05, 0) is 73.0 Å². The topological polar surface area (TPSA) is 70.0 Å². The largest absolute Gasteiger partial charge is 0.459 e. The van der Waals surface area contributed by atoms with E-state index in [1.54, 1.807) is 0 Å². The van der Waals surface area contributed by atoms with Crippen LogP contribution in [0.1, 0.15) is 49.4 Å². The smallest absolute Gasteiger partial charge is 0.338 e. The highest BCUT2D eigenvalue weighted by Crippen LogP contribution is 2.88. The van der Waals surface area contributed by atoms with Crippen molar-refractivity contribution < 1.29 is 19.7 Å². The summed E-state index contributed by atoms with van der Waals surface area (Å²) in [5.74, 6) is 0.691. The van der Waals surface area contributed by atoms with E-state index in [2.05, 4.69) is 18.4 Å². The Morgan fingerprint density at radius 1 is 1.16 bits per heavy atom. The number of hydrogen-bond donors (Lipinski definition) is 2. The molecule has 32 heavy (non-hydrogen) atoms. The summed E-state index contributed by atoms with van der Waals surface area (Å²) in [6, 6.07) is 9.99. The minimum Gasteiger partial charge on any atom is -0.459 e. The Hall–Kier alpha value is -1.69. The van der Waals surface area contributed by atoms with Crippen LogP contribution in [0.5, 0.6) is 0 Å². The molecule has 1 aromatic carbocycles. The molecular formula is C27H31NO4. The van der Waals surface area contributed by atoms with E-state index in [4.69, 9.17) is 4.74 Å². The summed E-state index contributed by atoms with van der Waals surface area (Å²) in [6.45, 7) is 7.67. The summed E-state index contributed by atoms with van der Waals surface area (Å²) in [5.41, 5.74) is -0.0590. The van der Waals surface area contributed by atoms with Crippen molar-refractivity contribution in [1.82, 2.24) is 4.90 Å². The van der Waals surface area contributed by atoms with Gasteiger partial charge in [0.05, 0.1) is 17.3 Å². The first-order valence-corrected chi connectivity index (χ1v) is 12.4. The molecule has 3 aliphatic heterocycles. The van der Waals surface area contributed by atoms with Crippen LogP contribution >= 0.6 is 0 Å². The fourth-order valence-corrected chi connectivity index (χ4v) is 11.4. The van der Waals surface area contributed by atoms with Crippen molar-refractivity contribution in [1.29, 1.82) is 0 Å². The Morgan fingerprint density at radius 3 is 2.72 bits per heavy atom. The number of benzene rings is 1. The van der Waals surface area contributed by atoms with Gasteiger partial charge < -0.3 is 14.9 Å². The number of fused-ring (bicyclic) bond motifs is 1. The van der Waals surface area contributed by atoms with Crippen molar-refractivity contribution >= 4 is 5.97 Å². The lowest BCUT2D eigenvalue weighted by Crippen LogP contribution is -2.74. The summed E-state index contributed by atoms with van der Waals surface area (Å²) >= 11 is 0. The van der Waals surface area contributed by atoms with Crippen LogP contribution in [0.3, 0.4) is 0 Å². The van der Waals surface area contributed by atoms with Gasteiger partial charge in [-0.25, -0.2) is 4.79 Å². The van der Waals surface area contributed by atoms with Gasteiger partial charge in [0.15, 0.2) is 0 Å².